The molecule has 0 bridgehead atoms. The smallest absolute Gasteiger partial charge is 0.307 e. The van der Waals surface area contributed by atoms with Crippen LogP contribution in [0.3, 0.4) is 0 Å². The van der Waals surface area contributed by atoms with Gasteiger partial charge in [-0.05, 0) is 85.0 Å². The Labute approximate surface area is 152 Å². The van der Waals surface area contributed by atoms with Crippen LogP contribution < -0.4 is 4.74 Å². The van der Waals surface area contributed by atoms with Gasteiger partial charge in [0.1, 0.15) is 17.2 Å². The minimum Gasteiger partial charge on any atom is -0.488 e. The first-order valence-electron chi connectivity index (χ1n) is 8.45. The van der Waals surface area contributed by atoms with Gasteiger partial charge in [-0.2, -0.15) is 0 Å². The number of allylic oxidation sites excluding steroid dienone is 2. The van der Waals surface area contributed by atoms with Crippen molar-refractivity contribution >= 4 is 23.2 Å². The van der Waals surface area contributed by atoms with E-state index in [9.17, 15) is 9.18 Å². The molecule has 2 aromatic rings. The molecule has 26 heavy (non-hydrogen) atoms. The minimum absolute atomic E-state index is 0.133. The summed E-state index contributed by atoms with van der Waals surface area (Å²) in [6.45, 7) is 5.98. The highest BCUT2D eigenvalue weighted by molar-refractivity contribution is 6.04. The number of aliphatic carboxylic acids is 1. The second kappa shape index (κ2) is 6.79. The van der Waals surface area contributed by atoms with E-state index in [1.54, 1.807) is 6.07 Å². The molecule has 0 heterocycles. The highest BCUT2D eigenvalue weighted by Gasteiger charge is 2.21. The Hall–Kier alpha value is -2.88. The molecule has 134 valence electrons. The number of carboxylic acid groups (broad SMARTS) is 1. The fraction of sp³-hybridized carbons (Fsp3) is 0.227. The molecule has 0 amide bonds. The third kappa shape index (κ3) is 4.20. The summed E-state index contributed by atoms with van der Waals surface area (Å²) in [6, 6.07) is 12.2. The van der Waals surface area contributed by atoms with Crippen molar-refractivity contribution in [3.63, 3.8) is 0 Å². The summed E-state index contributed by atoms with van der Waals surface area (Å²) in [5.74, 6) is -0.517. The average molecular weight is 352 g/mol. The maximum atomic E-state index is 13.6. The van der Waals surface area contributed by atoms with E-state index < -0.39 is 5.97 Å². The normalized spacial score (nSPS) is 14.9. The van der Waals surface area contributed by atoms with Gasteiger partial charge in [0.15, 0.2) is 0 Å². The van der Waals surface area contributed by atoms with Crippen LogP contribution in [0.2, 0.25) is 0 Å². The third-order valence-electron chi connectivity index (χ3n) is 3.94. The SMILES string of the molecule is CC(C)(C)Oc1ccc(C=C2C=C(CC(=O)O)c3cc(F)ccc32)cc1. The summed E-state index contributed by atoms with van der Waals surface area (Å²) in [5, 5.41) is 9.10. The quantitative estimate of drug-likeness (QED) is 0.800. The van der Waals surface area contributed by atoms with Gasteiger partial charge in [0.25, 0.3) is 0 Å². The van der Waals surface area contributed by atoms with E-state index in [2.05, 4.69) is 0 Å². The summed E-state index contributed by atoms with van der Waals surface area (Å²) in [4.78, 5) is 11.1. The number of carboxylic acids is 1. The first kappa shape index (κ1) is 17.9. The summed E-state index contributed by atoms with van der Waals surface area (Å²) in [6.07, 6.45) is 3.65. The first-order chi connectivity index (χ1) is 12.2. The van der Waals surface area contributed by atoms with Gasteiger partial charge in [0.2, 0.25) is 0 Å². The lowest BCUT2D eigenvalue weighted by Gasteiger charge is -2.21. The van der Waals surface area contributed by atoms with E-state index >= 15 is 0 Å². The molecule has 3 nitrogen and oxygen atoms in total. The monoisotopic (exact) mass is 352 g/mol. The number of benzene rings is 2. The molecule has 1 aliphatic rings. The van der Waals surface area contributed by atoms with Crippen molar-refractivity contribution in [2.24, 2.45) is 0 Å². The number of ether oxygens (including phenoxy) is 1. The molecule has 0 aliphatic heterocycles. The number of hydrogen-bond acceptors (Lipinski definition) is 2. The summed E-state index contributed by atoms with van der Waals surface area (Å²) in [5.41, 5.74) is 3.68. The highest BCUT2D eigenvalue weighted by Crippen LogP contribution is 2.38. The van der Waals surface area contributed by atoms with Crippen LogP contribution in [-0.2, 0) is 4.79 Å². The molecule has 0 aromatic heterocycles. The van der Waals surface area contributed by atoms with Crippen LogP contribution in [-0.4, -0.2) is 16.7 Å². The van der Waals surface area contributed by atoms with Gasteiger partial charge in [-0.1, -0.05) is 18.2 Å². The van der Waals surface area contributed by atoms with Gasteiger partial charge < -0.3 is 9.84 Å². The number of fused-ring (bicyclic) bond motifs is 1. The van der Waals surface area contributed by atoms with Crippen LogP contribution in [0.15, 0.2) is 48.5 Å². The number of hydrogen-bond donors (Lipinski definition) is 1. The molecule has 0 atom stereocenters. The standard InChI is InChI=1S/C22H21FO3/c1-22(2,3)26-18-7-4-14(5-8-18)10-15-11-16(12-21(24)25)20-13-17(23)6-9-19(15)20/h4-11,13H,12H2,1-3H3,(H,24,25). The molecule has 4 heteroatoms. The largest absolute Gasteiger partial charge is 0.488 e. The Balaban J connectivity index is 1.93. The van der Waals surface area contributed by atoms with E-state index in [1.807, 2.05) is 57.2 Å². The number of carbonyl (C=O) groups is 1. The lowest BCUT2D eigenvalue weighted by atomic mass is 10.0. The molecule has 1 aliphatic carbocycles. The van der Waals surface area contributed by atoms with Crippen molar-refractivity contribution in [1.29, 1.82) is 0 Å². The Morgan fingerprint density at radius 2 is 1.81 bits per heavy atom. The highest BCUT2D eigenvalue weighted by atomic mass is 19.1. The predicted octanol–water partition coefficient (Wildman–Crippen LogP) is 5.42. The zero-order chi connectivity index (χ0) is 18.9. The van der Waals surface area contributed by atoms with E-state index in [-0.39, 0.29) is 17.8 Å². The van der Waals surface area contributed by atoms with Gasteiger partial charge in [-0.25, -0.2) is 4.39 Å². The van der Waals surface area contributed by atoms with Crippen LogP contribution in [0.25, 0.3) is 17.2 Å². The van der Waals surface area contributed by atoms with Crippen LogP contribution in [0.4, 0.5) is 4.39 Å². The van der Waals surface area contributed by atoms with Crippen LogP contribution in [0.5, 0.6) is 5.75 Å². The predicted molar refractivity (Wildman–Crippen MR) is 101 cm³/mol. The third-order valence-corrected chi connectivity index (χ3v) is 3.94. The number of rotatable bonds is 4. The Kier molecular flexibility index (Phi) is 4.68. The summed E-state index contributed by atoms with van der Waals surface area (Å²) < 4.78 is 19.4. The van der Waals surface area contributed by atoms with Gasteiger partial charge in [0, 0.05) is 0 Å². The second-order valence-corrected chi connectivity index (χ2v) is 7.31. The van der Waals surface area contributed by atoms with Crippen molar-refractivity contribution in [3.8, 4) is 5.75 Å². The van der Waals surface area contributed by atoms with Crippen LogP contribution in [0.1, 0.15) is 43.9 Å². The van der Waals surface area contributed by atoms with Gasteiger partial charge in [-0.3, -0.25) is 4.79 Å². The Morgan fingerprint density at radius 3 is 2.42 bits per heavy atom. The molecule has 0 fully saturated rings. The molecule has 3 rings (SSSR count). The van der Waals surface area contributed by atoms with E-state index in [4.69, 9.17) is 9.84 Å². The summed E-state index contributed by atoms with van der Waals surface area (Å²) >= 11 is 0. The first-order valence-corrected chi connectivity index (χ1v) is 8.45. The van der Waals surface area contributed by atoms with Crippen molar-refractivity contribution in [1.82, 2.24) is 0 Å². The van der Waals surface area contributed by atoms with Crippen molar-refractivity contribution in [2.75, 3.05) is 0 Å². The molecule has 0 spiro atoms. The van der Waals surface area contributed by atoms with Crippen molar-refractivity contribution < 1.29 is 19.0 Å². The maximum absolute atomic E-state index is 13.6. The van der Waals surface area contributed by atoms with Gasteiger partial charge in [-0.15, -0.1) is 0 Å². The second-order valence-electron chi connectivity index (χ2n) is 7.31. The molecule has 0 saturated heterocycles. The molecule has 2 aromatic carbocycles. The lowest BCUT2D eigenvalue weighted by Crippen LogP contribution is -2.22. The van der Waals surface area contributed by atoms with Crippen LogP contribution in [0, 0.1) is 5.82 Å². The zero-order valence-corrected chi connectivity index (χ0v) is 15.0. The van der Waals surface area contributed by atoms with E-state index in [0.29, 0.717) is 11.1 Å². The molecule has 0 saturated carbocycles. The fourth-order valence-electron chi connectivity index (χ4n) is 2.97. The van der Waals surface area contributed by atoms with Gasteiger partial charge >= 0.3 is 5.97 Å². The topological polar surface area (TPSA) is 46.5 Å². The molecule has 1 N–H and O–H groups in total. The average Bonchev–Trinajstić information content (AvgIpc) is 2.84. The van der Waals surface area contributed by atoms with E-state index in [1.165, 1.54) is 12.1 Å². The number of halogens is 1. The molecular weight excluding hydrogens is 331 g/mol. The van der Waals surface area contributed by atoms with Crippen LogP contribution >= 0.6 is 0 Å². The Morgan fingerprint density at radius 1 is 1.12 bits per heavy atom. The van der Waals surface area contributed by atoms with E-state index in [0.717, 1.165) is 22.4 Å². The zero-order valence-electron chi connectivity index (χ0n) is 15.0. The molecule has 0 radical (unpaired) electrons. The maximum Gasteiger partial charge on any atom is 0.307 e. The Bertz CT molecular complexity index is 900. The fourth-order valence-corrected chi connectivity index (χ4v) is 2.97. The lowest BCUT2D eigenvalue weighted by molar-refractivity contribution is -0.135. The minimum atomic E-state index is -0.934. The summed E-state index contributed by atoms with van der Waals surface area (Å²) in [7, 11) is 0. The van der Waals surface area contributed by atoms with Crippen molar-refractivity contribution in [3.05, 3.63) is 71.0 Å². The molecule has 0 unspecified atom stereocenters. The van der Waals surface area contributed by atoms with Gasteiger partial charge in [0.05, 0.1) is 6.42 Å². The molecular formula is C22H21FO3. The van der Waals surface area contributed by atoms with Crippen molar-refractivity contribution in [2.45, 2.75) is 32.8 Å².